The van der Waals surface area contributed by atoms with Crippen molar-refractivity contribution < 1.29 is 4.79 Å². The first-order chi connectivity index (χ1) is 9.04. The molecule has 1 aromatic carbocycles. The number of nitrogens with two attached hydrogens (primary N) is 1. The molecule has 4 heteroatoms. The molecule has 0 aromatic heterocycles. The fourth-order valence-corrected chi connectivity index (χ4v) is 2.54. The minimum Gasteiger partial charge on any atom is -0.382 e. The molecule has 0 heterocycles. The summed E-state index contributed by atoms with van der Waals surface area (Å²) in [7, 11) is 0. The van der Waals surface area contributed by atoms with Gasteiger partial charge in [0.2, 0.25) is 5.91 Å². The number of benzene rings is 1. The Morgan fingerprint density at radius 1 is 1.26 bits per heavy atom. The highest BCUT2D eigenvalue weighted by atomic mass is 16.1. The topological polar surface area (TPSA) is 67.2 Å². The van der Waals surface area contributed by atoms with Gasteiger partial charge in [-0.15, -0.1) is 0 Å². The Hall–Kier alpha value is -1.55. The number of anilines is 2. The van der Waals surface area contributed by atoms with Gasteiger partial charge in [-0.25, -0.2) is 0 Å². The number of carbonyl (C=O) groups is 1. The average molecular weight is 261 g/mol. The molecule has 0 saturated heterocycles. The highest BCUT2D eigenvalue weighted by molar-refractivity contribution is 5.90. The number of carbonyl (C=O) groups excluding carboxylic acids is 1. The highest BCUT2D eigenvalue weighted by Gasteiger charge is 2.18. The van der Waals surface area contributed by atoms with Gasteiger partial charge in [0, 0.05) is 30.4 Å². The van der Waals surface area contributed by atoms with E-state index in [0.717, 1.165) is 42.6 Å². The zero-order valence-corrected chi connectivity index (χ0v) is 11.7. The fourth-order valence-electron chi connectivity index (χ4n) is 2.54. The Labute approximate surface area is 114 Å². The van der Waals surface area contributed by atoms with E-state index in [1.54, 1.807) is 0 Å². The van der Waals surface area contributed by atoms with Crippen LogP contribution >= 0.6 is 0 Å². The van der Waals surface area contributed by atoms with Crippen LogP contribution in [0.5, 0.6) is 0 Å². The first kappa shape index (κ1) is 13.9. The smallest absolute Gasteiger partial charge is 0.221 e. The van der Waals surface area contributed by atoms with Crippen LogP contribution in [0, 0.1) is 6.92 Å². The molecule has 1 aliphatic rings. The van der Waals surface area contributed by atoms with Gasteiger partial charge < -0.3 is 16.4 Å². The maximum Gasteiger partial charge on any atom is 0.221 e. The van der Waals surface area contributed by atoms with E-state index >= 15 is 0 Å². The van der Waals surface area contributed by atoms with E-state index in [4.69, 9.17) is 5.73 Å². The molecule has 0 atom stereocenters. The van der Waals surface area contributed by atoms with Crippen LogP contribution in [-0.2, 0) is 4.79 Å². The molecule has 0 aliphatic heterocycles. The van der Waals surface area contributed by atoms with Crippen molar-refractivity contribution in [1.82, 2.24) is 0 Å². The summed E-state index contributed by atoms with van der Waals surface area (Å²) in [6, 6.07) is 6.96. The molecule has 19 heavy (non-hydrogen) atoms. The molecule has 0 radical (unpaired) electrons. The summed E-state index contributed by atoms with van der Waals surface area (Å²) in [5.74, 6) is -0.0381. The lowest BCUT2D eigenvalue weighted by Crippen LogP contribution is -2.32. The van der Waals surface area contributed by atoms with E-state index in [1.165, 1.54) is 6.92 Å². The van der Waals surface area contributed by atoms with Gasteiger partial charge in [-0.2, -0.15) is 0 Å². The molecule has 4 N–H and O–H groups in total. The summed E-state index contributed by atoms with van der Waals surface area (Å²) in [5, 5.41) is 6.39. The van der Waals surface area contributed by atoms with E-state index in [0.29, 0.717) is 12.1 Å². The molecule has 2 rings (SSSR count). The lowest BCUT2D eigenvalue weighted by molar-refractivity contribution is -0.114. The third-order valence-corrected chi connectivity index (χ3v) is 3.69. The monoisotopic (exact) mass is 261 g/mol. The Bertz CT molecular complexity index is 451. The van der Waals surface area contributed by atoms with Gasteiger partial charge in [0.25, 0.3) is 0 Å². The van der Waals surface area contributed by atoms with Crippen molar-refractivity contribution in [3.05, 3.63) is 23.8 Å². The second kappa shape index (κ2) is 6.06. The second-order valence-corrected chi connectivity index (χ2v) is 5.47. The number of hydrogen-bond donors (Lipinski definition) is 3. The standard InChI is InChI=1S/C15H23N3O/c1-10-3-6-14(9-15(10)17-11(2)19)18-13-7-4-12(16)5-8-13/h3,6,9,12-13,18H,4-5,7-8,16H2,1-2H3,(H,17,19). The van der Waals surface area contributed by atoms with Gasteiger partial charge in [-0.05, 0) is 50.3 Å². The van der Waals surface area contributed by atoms with Crippen LogP contribution < -0.4 is 16.4 Å². The van der Waals surface area contributed by atoms with Crippen LogP contribution in [0.3, 0.4) is 0 Å². The molecule has 1 fully saturated rings. The molecule has 1 aliphatic carbocycles. The minimum absolute atomic E-state index is 0.0381. The lowest BCUT2D eigenvalue weighted by atomic mass is 9.91. The molecule has 0 bridgehead atoms. The molecule has 1 saturated carbocycles. The number of hydrogen-bond acceptors (Lipinski definition) is 3. The summed E-state index contributed by atoms with van der Waals surface area (Å²) in [4.78, 5) is 11.2. The van der Waals surface area contributed by atoms with Crippen molar-refractivity contribution in [2.45, 2.75) is 51.6 Å². The van der Waals surface area contributed by atoms with Gasteiger partial charge in [0.1, 0.15) is 0 Å². The summed E-state index contributed by atoms with van der Waals surface area (Å²) in [5.41, 5.74) is 8.93. The fraction of sp³-hybridized carbons (Fsp3) is 0.533. The summed E-state index contributed by atoms with van der Waals surface area (Å²) in [6.07, 6.45) is 4.40. The summed E-state index contributed by atoms with van der Waals surface area (Å²) in [6.45, 7) is 3.52. The third-order valence-electron chi connectivity index (χ3n) is 3.69. The molecule has 1 aromatic rings. The Kier molecular flexibility index (Phi) is 4.43. The maximum atomic E-state index is 11.2. The van der Waals surface area contributed by atoms with Crippen molar-refractivity contribution >= 4 is 17.3 Å². The van der Waals surface area contributed by atoms with E-state index in [9.17, 15) is 4.79 Å². The molecular formula is C15H23N3O. The SMILES string of the molecule is CC(=O)Nc1cc(NC2CCC(N)CC2)ccc1C. The van der Waals surface area contributed by atoms with Crippen molar-refractivity contribution in [3.63, 3.8) is 0 Å². The first-order valence-corrected chi connectivity index (χ1v) is 6.95. The van der Waals surface area contributed by atoms with Crippen molar-refractivity contribution in [2.75, 3.05) is 10.6 Å². The van der Waals surface area contributed by atoms with Gasteiger partial charge in [0.05, 0.1) is 0 Å². The normalized spacial score (nSPS) is 22.9. The molecule has 0 unspecified atom stereocenters. The van der Waals surface area contributed by atoms with Crippen LogP contribution in [0.1, 0.15) is 38.2 Å². The second-order valence-electron chi connectivity index (χ2n) is 5.47. The quantitative estimate of drug-likeness (QED) is 0.783. The first-order valence-electron chi connectivity index (χ1n) is 6.95. The van der Waals surface area contributed by atoms with E-state index in [-0.39, 0.29) is 5.91 Å². The third kappa shape index (κ3) is 3.96. The predicted molar refractivity (Wildman–Crippen MR) is 79.3 cm³/mol. The van der Waals surface area contributed by atoms with Crippen molar-refractivity contribution in [2.24, 2.45) is 5.73 Å². The van der Waals surface area contributed by atoms with Crippen molar-refractivity contribution in [3.8, 4) is 0 Å². The molecular weight excluding hydrogens is 238 g/mol. The van der Waals surface area contributed by atoms with Crippen molar-refractivity contribution in [1.29, 1.82) is 0 Å². The zero-order chi connectivity index (χ0) is 13.8. The van der Waals surface area contributed by atoms with Crippen LogP contribution in [-0.4, -0.2) is 18.0 Å². The number of amides is 1. The number of aryl methyl sites for hydroxylation is 1. The van der Waals surface area contributed by atoms with Gasteiger partial charge in [0.15, 0.2) is 0 Å². The summed E-state index contributed by atoms with van der Waals surface area (Å²) < 4.78 is 0. The molecule has 104 valence electrons. The Morgan fingerprint density at radius 2 is 1.95 bits per heavy atom. The van der Waals surface area contributed by atoms with Gasteiger partial charge in [-0.1, -0.05) is 6.07 Å². The molecule has 1 amide bonds. The zero-order valence-electron chi connectivity index (χ0n) is 11.7. The van der Waals surface area contributed by atoms with E-state index < -0.39 is 0 Å². The van der Waals surface area contributed by atoms with Crippen LogP contribution in [0.15, 0.2) is 18.2 Å². The average Bonchev–Trinajstić information content (AvgIpc) is 2.36. The van der Waals surface area contributed by atoms with E-state index in [2.05, 4.69) is 16.7 Å². The van der Waals surface area contributed by atoms with Crippen LogP contribution in [0.4, 0.5) is 11.4 Å². The largest absolute Gasteiger partial charge is 0.382 e. The van der Waals surface area contributed by atoms with Gasteiger partial charge in [-0.3, -0.25) is 4.79 Å². The molecule has 0 spiro atoms. The maximum absolute atomic E-state index is 11.2. The number of nitrogens with one attached hydrogen (secondary N) is 2. The minimum atomic E-state index is -0.0381. The number of rotatable bonds is 3. The lowest BCUT2D eigenvalue weighted by Gasteiger charge is -2.28. The summed E-state index contributed by atoms with van der Waals surface area (Å²) >= 11 is 0. The van der Waals surface area contributed by atoms with Crippen LogP contribution in [0.2, 0.25) is 0 Å². The van der Waals surface area contributed by atoms with E-state index in [1.807, 2.05) is 19.1 Å². The van der Waals surface area contributed by atoms with Gasteiger partial charge >= 0.3 is 0 Å². The molecule has 4 nitrogen and oxygen atoms in total. The highest BCUT2D eigenvalue weighted by Crippen LogP contribution is 2.24. The predicted octanol–water partition coefficient (Wildman–Crippen LogP) is 2.64. The Morgan fingerprint density at radius 3 is 2.58 bits per heavy atom. The Balaban J connectivity index is 2.02. The van der Waals surface area contributed by atoms with Crippen LogP contribution in [0.25, 0.3) is 0 Å².